The normalized spacial score (nSPS) is 26.8. The van der Waals surface area contributed by atoms with Crippen LogP contribution in [0.15, 0.2) is 18.2 Å². The van der Waals surface area contributed by atoms with Gasteiger partial charge >= 0.3 is 0 Å². The van der Waals surface area contributed by atoms with Crippen molar-refractivity contribution in [2.45, 2.75) is 24.9 Å². The number of nitrogens with zero attached hydrogens (tertiary/aromatic N) is 1. The molecule has 5 heteroatoms. The Hall–Kier alpha value is -1.14. The molecule has 1 spiro atoms. The monoisotopic (exact) mass is 346 g/mol. The zero-order valence-corrected chi connectivity index (χ0v) is 15.3. The molecule has 3 heterocycles. The van der Waals surface area contributed by atoms with Gasteiger partial charge < -0.3 is 24.4 Å². The topological polar surface area (TPSA) is 43.0 Å². The molecule has 0 amide bonds. The van der Waals surface area contributed by atoms with Gasteiger partial charge in [-0.1, -0.05) is 12.1 Å². The smallest absolute Gasteiger partial charge is 0.125 e. The summed E-state index contributed by atoms with van der Waals surface area (Å²) in [5.74, 6) is 1.58. The number of hydrogen-bond acceptors (Lipinski definition) is 5. The predicted octanol–water partition coefficient (Wildman–Crippen LogP) is 1.79. The van der Waals surface area contributed by atoms with Crippen LogP contribution in [0.1, 0.15) is 24.0 Å². The molecule has 2 fully saturated rings. The summed E-state index contributed by atoms with van der Waals surface area (Å²) < 4.78 is 17.8. The summed E-state index contributed by atoms with van der Waals surface area (Å²) in [6, 6.07) is 6.42. The van der Waals surface area contributed by atoms with Gasteiger partial charge in [-0.05, 0) is 30.9 Å². The Morgan fingerprint density at radius 3 is 3.00 bits per heavy atom. The van der Waals surface area contributed by atoms with E-state index >= 15 is 0 Å². The van der Waals surface area contributed by atoms with E-state index in [1.807, 2.05) is 0 Å². The Bertz CT molecular complexity index is 562. The van der Waals surface area contributed by atoms with Crippen molar-refractivity contribution in [3.05, 3.63) is 29.3 Å². The van der Waals surface area contributed by atoms with E-state index in [4.69, 9.17) is 14.2 Å². The van der Waals surface area contributed by atoms with Crippen LogP contribution in [0, 0.1) is 5.92 Å². The SMILES string of the molecule is COc1cccc2c1C1(CCN(CC3CNCCOC3)CC1)OCC2. The zero-order valence-electron chi connectivity index (χ0n) is 15.3. The third kappa shape index (κ3) is 3.56. The Balaban J connectivity index is 1.45. The van der Waals surface area contributed by atoms with Crippen LogP contribution in [0.25, 0.3) is 0 Å². The second kappa shape index (κ2) is 7.62. The maximum absolute atomic E-state index is 6.39. The van der Waals surface area contributed by atoms with E-state index in [1.165, 1.54) is 11.1 Å². The zero-order chi connectivity index (χ0) is 17.1. The Labute approximate surface area is 150 Å². The van der Waals surface area contributed by atoms with Crippen molar-refractivity contribution in [2.24, 2.45) is 5.92 Å². The molecule has 1 atom stereocenters. The van der Waals surface area contributed by atoms with Gasteiger partial charge in [0.2, 0.25) is 0 Å². The van der Waals surface area contributed by atoms with Crippen LogP contribution < -0.4 is 10.1 Å². The fourth-order valence-electron chi connectivity index (χ4n) is 4.63. The summed E-state index contributed by atoms with van der Waals surface area (Å²) in [5.41, 5.74) is 2.55. The van der Waals surface area contributed by atoms with Gasteiger partial charge in [-0.25, -0.2) is 0 Å². The molecule has 3 aliphatic heterocycles. The lowest BCUT2D eigenvalue weighted by Gasteiger charge is -2.46. The minimum atomic E-state index is -0.158. The molecule has 4 rings (SSSR count). The van der Waals surface area contributed by atoms with Crippen LogP contribution in [-0.4, -0.2) is 64.6 Å². The van der Waals surface area contributed by atoms with Crippen molar-refractivity contribution >= 4 is 0 Å². The quantitative estimate of drug-likeness (QED) is 0.904. The summed E-state index contributed by atoms with van der Waals surface area (Å²) in [6.07, 6.45) is 3.08. The molecule has 138 valence electrons. The molecular weight excluding hydrogens is 316 g/mol. The van der Waals surface area contributed by atoms with Crippen molar-refractivity contribution < 1.29 is 14.2 Å². The van der Waals surface area contributed by atoms with Gasteiger partial charge in [-0.2, -0.15) is 0 Å². The first-order chi connectivity index (χ1) is 12.3. The average molecular weight is 346 g/mol. The summed E-state index contributed by atoms with van der Waals surface area (Å²) in [4.78, 5) is 2.58. The van der Waals surface area contributed by atoms with Crippen LogP contribution >= 0.6 is 0 Å². The number of likely N-dealkylation sites (tertiary alicyclic amines) is 1. The van der Waals surface area contributed by atoms with E-state index < -0.39 is 0 Å². The highest BCUT2D eigenvalue weighted by Crippen LogP contribution is 2.45. The first kappa shape index (κ1) is 17.3. The third-order valence-electron chi connectivity index (χ3n) is 5.93. The van der Waals surface area contributed by atoms with Gasteiger partial charge in [0.15, 0.2) is 0 Å². The number of nitrogens with one attached hydrogen (secondary N) is 1. The highest BCUT2D eigenvalue weighted by atomic mass is 16.5. The Morgan fingerprint density at radius 1 is 1.28 bits per heavy atom. The third-order valence-corrected chi connectivity index (χ3v) is 5.93. The molecule has 0 aromatic heterocycles. The number of methoxy groups -OCH3 is 1. The van der Waals surface area contributed by atoms with Gasteiger partial charge in [-0.3, -0.25) is 0 Å². The van der Waals surface area contributed by atoms with Crippen molar-refractivity contribution in [3.63, 3.8) is 0 Å². The van der Waals surface area contributed by atoms with E-state index in [0.717, 1.165) is 77.6 Å². The molecule has 0 bridgehead atoms. The predicted molar refractivity (Wildman–Crippen MR) is 97.2 cm³/mol. The molecule has 1 aromatic rings. The van der Waals surface area contributed by atoms with E-state index in [9.17, 15) is 0 Å². The van der Waals surface area contributed by atoms with E-state index in [2.05, 4.69) is 28.4 Å². The van der Waals surface area contributed by atoms with E-state index in [1.54, 1.807) is 7.11 Å². The molecule has 0 radical (unpaired) electrons. The number of hydrogen-bond donors (Lipinski definition) is 1. The lowest BCUT2D eigenvalue weighted by Crippen LogP contribution is -2.48. The maximum Gasteiger partial charge on any atom is 0.125 e. The van der Waals surface area contributed by atoms with Gasteiger partial charge in [0.05, 0.1) is 32.5 Å². The average Bonchev–Trinajstić information content (AvgIpc) is 2.92. The van der Waals surface area contributed by atoms with Crippen molar-refractivity contribution in [3.8, 4) is 5.75 Å². The number of rotatable bonds is 3. The van der Waals surface area contributed by atoms with Crippen molar-refractivity contribution in [1.29, 1.82) is 0 Å². The summed E-state index contributed by atoms with van der Waals surface area (Å²) >= 11 is 0. The molecule has 0 aliphatic carbocycles. The van der Waals surface area contributed by atoms with Crippen molar-refractivity contribution in [1.82, 2.24) is 10.2 Å². The number of piperidine rings is 1. The van der Waals surface area contributed by atoms with E-state index in [-0.39, 0.29) is 5.60 Å². The number of benzene rings is 1. The molecule has 1 N–H and O–H groups in total. The molecule has 5 nitrogen and oxygen atoms in total. The second-order valence-corrected chi connectivity index (χ2v) is 7.53. The molecule has 1 unspecified atom stereocenters. The molecule has 1 aromatic carbocycles. The largest absolute Gasteiger partial charge is 0.496 e. The first-order valence-electron chi connectivity index (χ1n) is 9.62. The van der Waals surface area contributed by atoms with Crippen LogP contribution in [0.5, 0.6) is 5.75 Å². The molecule has 0 saturated carbocycles. The van der Waals surface area contributed by atoms with Crippen LogP contribution in [0.2, 0.25) is 0 Å². The minimum Gasteiger partial charge on any atom is -0.496 e. The maximum atomic E-state index is 6.39. The van der Waals surface area contributed by atoms with Gasteiger partial charge in [0.1, 0.15) is 5.75 Å². The highest BCUT2D eigenvalue weighted by Gasteiger charge is 2.43. The lowest BCUT2D eigenvalue weighted by atomic mass is 9.78. The lowest BCUT2D eigenvalue weighted by molar-refractivity contribution is -0.101. The van der Waals surface area contributed by atoms with Gasteiger partial charge in [0.25, 0.3) is 0 Å². The van der Waals surface area contributed by atoms with Crippen molar-refractivity contribution in [2.75, 3.05) is 59.7 Å². The molecule has 2 saturated heterocycles. The van der Waals surface area contributed by atoms with Gasteiger partial charge in [-0.15, -0.1) is 0 Å². The molecule has 3 aliphatic rings. The minimum absolute atomic E-state index is 0.158. The fraction of sp³-hybridized carbons (Fsp3) is 0.700. The summed E-state index contributed by atoms with van der Waals surface area (Å²) in [7, 11) is 1.77. The molecular formula is C20H30N2O3. The number of fused-ring (bicyclic) bond motifs is 2. The van der Waals surface area contributed by atoms with Crippen LogP contribution in [0.3, 0.4) is 0 Å². The van der Waals surface area contributed by atoms with Crippen LogP contribution in [-0.2, 0) is 21.5 Å². The molecule has 25 heavy (non-hydrogen) atoms. The summed E-state index contributed by atoms with van der Waals surface area (Å²) in [6.45, 7) is 7.84. The Morgan fingerprint density at radius 2 is 2.16 bits per heavy atom. The fourth-order valence-corrected chi connectivity index (χ4v) is 4.63. The van der Waals surface area contributed by atoms with Crippen LogP contribution in [0.4, 0.5) is 0 Å². The standard InChI is InChI=1S/C20H30N2O3/c1-23-18-4-2-3-17-5-11-25-20(19(17)18)6-9-22(10-7-20)14-16-13-21-8-12-24-15-16/h2-4,16,21H,5-15H2,1H3. The summed E-state index contributed by atoms with van der Waals surface area (Å²) in [5, 5.41) is 3.48. The Kier molecular flexibility index (Phi) is 5.27. The van der Waals surface area contributed by atoms with E-state index in [0.29, 0.717) is 5.92 Å². The number of ether oxygens (including phenoxy) is 3. The second-order valence-electron chi connectivity index (χ2n) is 7.53. The highest BCUT2D eigenvalue weighted by molar-refractivity contribution is 5.46. The van der Waals surface area contributed by atoms with Gasteiger partial charge in [0, 0.05) is 44.2 Å². The first-order valence-corrected chi connectivity index (χ1v) is 9.62.